The van der Waals surface area contributed by atoms with E-state index in [-0.39, 0.29) is 4.90 Å². The molecule has 1 aliphatic rings. The maximum Gasteiger partial charge on any atom is 0.183 e. The molecule has 2 nitrogen and oxygen atoms in total. The Morgan fingerprint density at radius 2 is 1.65 bits per heavy atom. The zero-order valence-corrected chi connectivity index (χ0v) is 12.8. The van der Waals surface area contributed by atoms with E-state index >= 15 is 0 Å². The Hall–Kier alpha value is -1.03. The molecule has 0 radical (unpaired) electrons. The largest absolute Gasteiger partial charge is 0.223 e. The molecule has 2 aromatic carbocycles. The normalized spacial score (nSPS) is 21.7. The van der Waals surface area contributed by atoms with Crippen molar-refractivity contribution in [2.45, 2.75) is 21.9 Å². The van der Waals surface area contributed by atoms with Gasteiger partial charge in [0.25, 0.3) is 0 Å². The van der Waals surface area contributed by atoms with E-state index in [2.05, 4.69) is 0 Å². The Labute approximate surface area is 128 Å². The second-order valence-electron chi connectivity index (χ2n) is 4.84. The molecule has 3 rings (SSSR count). The summed E-state index contributed by atoms with van der Waals surface area (Å²) in [6.07, 6.45) is 0.454. The van der Waals surface area contributed by atoms with E-state index in [1.165, 1.54) is 12.1 Å². The van der Waals surface area contributed by atoms with Gasteiger partial charge in [0, 0.05) is 5.02 Å². The average Bonchev–Trinajstić information content (AvgIpc) is 2.78. The topological polar surface area (TPSA) is 34.1 Å². The summed E-state index contributed by atoms with van der Waals surface area (Å²) in [6, 6.07) is 13.8. The monoisotopic (exact) mass is 326 g/mol. The van der Waals surface area contributed by atoms with Gasteiger partial charge >= 0.3 is 0 Å². The number of sulfone groups is 1. The average molecular weight is 327 g/mol. The summed E-state index contributed by atoms with van der Waals surface area (Å²) in [5, 5.41) is -0.615. The molecule has 2 aromatic rings. The summed E-state index contributed by atoms with van der Waals surface area (Å²) in [6.45, 7) is 0. The lowest BCUT2D eigenvalue weighted by Gasteiger charge is -2.15. The van der Waals surface area contributed by atoms with Gasteiger partial charge in [0.05, 0.1) is 15.5 Å². The third-order valence-corrected chi connectivity index (χ3v) is 6.75. The summed E-state index contributed by atoms with van der Waals surface area (Å²) in [7, 11) is -3.46. The second-order valence-corrected chi connectivity index (χ2v) is 7.92. The van der Waals surface area contributed by atoms with E-state index in [4.69, 9.17) is 23.2 Å². The molecule has 0 aromatic heterocycles. The van der Waals surface area contributed by atoms with Gasteiger partial charge in [0.2, 0.25) is 0 Å². The summed E-state index contributed by atoms with van der Waals surface area (Å²) < 4.78 is 25.4. The van der Waals surface area contributed by atoms with Gasteiger partial charge in [-0.3, -0.25) is 0 Å². The number of hydrogen-bond donors (Lipinski definition) is 0. The van der Waals surface area contributed by atoms with E-state index in [0.29, 0.717) is 11.4 Å². The Morgan fingerprint density at radius 1 is 1.00 bits per heavy atom. The van der Waals surface area contributed by atoms with Crippen LogP contribution in [-0.4, -0.2) is 13.7 Å². The van der Waals surface area contributed by atoms with Crippen molar-refractivity contribution >= 4 is 33.0 Å². The lowest BCUT2D eigenvalue weighted by Crippen LogP contribution is -2.23. The summed E-state index contributed by atoms with van der Waals surface area (Å²) in [5.41, 5.74) is 1.92. The fourth-order valence-corrected chi connectivity index (χ4v) is 5.14. The van der Waals surface area contributed by atoms with E-state index in [9.17, 15) is 8.42 Å². The Kier molecular flexibility index (Phi) is 3.53. The lowest BCUT2D eigenvalue weighted by molar-refractivity contribution is 0.579. The number of halogens is 2. The minimum Gasteiger partial charge on any atom is -0.223 e. The van der Waals surface area contributed by atoms with E-state index in [1.807, 2.05) is 24.3 Å². The highest BCUT2D eigenvalue weighted by Gasteiger charge is 2.40. The predicted octanol–water partition coefficient (Wildman–Crippen LogP) is 4.02. The third-order valence-electron chi connectivity index (χ3n) is 3.64. The lowest BCUT2D eigenvalue weighted by atomic mass is 10.1. The Balaban J connectivity index is 2.00. The smallest absolute Gasteiger partial charge is 0.183 e. The van der Waals surface area contributed by atoms with Gasteiger partial charge in [-0.1, -0.05) is 35.9 Å². The number of alkyl halides is 1. The first-order valence-electron chi connectivity index (χ1n) is 6.21. The van der Waals surface area contributed by atoms with Gasteiger partial charge in [-0.05, 0) is 41.8 Å². The zero-order valence-electron chi connectivity index (χ0n) is 10.5. The number of hydrogen-bond acceptors (Lipinski definition) is 2. The van der Waals surface area contributed by atoms with Crippen molar-refractivity contribution in [3.05, 3.63) is 64.7 Å². The summed E-state index contributed by atoms with van der Waals surface area (Å²) in [5.74, 6) is 0. The molecule has 20 heavy (non-hydrogen) atoms. The van der Waals surface area contributed by atoms with Crippen molar-refractivity contribution in [2.75, 3.05) is 0 Å². The van der Waals surface area contributed by atoms with Crippen LogP contribution in [0.5, 0.6) is 0 Å². The highest BCUT2D eigenvalue weighted by Crippen LogP contribution is 2.41. The van der Waals surface area contributed by atoms with Crippen molar-refractivity contribution in [3.63, 3.8) is 0 Å². The first-order chi connectivity index (χ1) is 9.50. The van der Waals surface area contributed by atoms with E-state index < -0.39 is 20.5 Å². The zero-order chi connectivity index (χ0) is 14.3. The molecule has 0 fully saturated rings. The van der Waals surface area contributed by atoms with Gasteiger partial charge in [-0.25, -0.2) is 8.42 Å². The van der Waals surface area contributed by atoms with Crippen molar-refractivity contribution < 1.29 is 8.42 Å². The maximum atomic E-state index is 12.7. The molecule has 1 aliphatic carbocycles. The Bertz CT molecular complexity index is 739. The van der Waals surface area contributed by atoms with Gasteiger partial charge in [-0.15, -0.1) is 11.6 Å². The van der Waals surface area contributed by atoms with Crippen molar-refractivity contribution in [3.8, 4) is 0 Å². The molecule has 0 bridgehead atoms. The Morgan fingerprint density at radius 3 is 2.30 bits per heavy atom. The van der Waals surface area contributed by atoms with Crippen LogP contribution in [0.2, 0.25) is 5.02 Å². The number of fused-ring (bicyclic) bond motifs is 1. The van der Waals surface area contributed by atoms with Crippen LogP contribution in [0.25, 0.3) is 0 Å². The predicted molar refractivity (Wildman–Crippen MR) is 81.2 cm³/mol. The standard InChI is InChI=1S/C15H12Cl2O2S/c16-11-5-7-12(8-6-11)20(18,19)14-9-10-3-1-2-4-13(10)15(14)17/h1-8,14-15H,9H2. The highest BCUT2D eigenvalue weighted by molar-refractivity contribution is 7.92. The van der Waals surface area contributed by atoms with E-state index in [1.54, 1.807) is 12.1 Å². The van der Waals surface area contributed by atoms with Crippen molar-refractivity contribution in [2.24, 2.45) is 0 Å². The molecule has 0 saturated carbocycles. The van der Waals surface area contributed by atoms with Crippen LogP contribution in [0.1, 0.15) is 16.5 Å². The van der Waals surface area contributed by atoms with Gasteiger partial charge in [-0.2, -0.15) is 0 Å². The van der Waals surface area contributed by atoms with Crippen LogP contribution in [0, 0.1) is 0 Å². The van der Waals surface area contributed by atoms with Crippen LogP contribution in [-0.2, 0) is 16.3 Å². The van der Waals surface area contributed by atoms with Crippen LogP contribution in [0.3, 0.4) is 0 Å². The molecule has 104 valence electrons. The molecule has 0 N–H and O–H groups in total. The van der Waals surface area contributed by atoms with Crippen molar-refractivity contribution in [1.82, 2.24) is 0 Å². The molecule has 0 spiro atoms. The van der Waals surface area contributed by atoms with Gasteiger partial charge < -0.3 is 0 Å². The first-order valence-corrected chi connectivity index (χ1v) is 8.57. The van der Waals surface area contributed by atoms with E-state index in [0.717, 1.165) is 11.1 Å². The molecule has 0 saturated heterocycles. The molecule has 0 amide bonds. The molecule has 2 atom stereocenters. The third kappa shape index (κ3) is 2.24. The van der Waals surface area contributed by atoms with Crippen LogP contribution < -0.4 is 0 Å². The molecule has 0 heterocycles. The fraction of sp³-hybridized carbons (Fsp3) is 0.200. The first kappa shape index (κ1) is 13.9. The van der Waals surface area contributed by atoms with Crippen LogP contribution in [0.15, 0.2) is 53.4 Å². The molecular formula is C15H12Cl2O2S. The minimum absolute atomic E-state index is 0.269. The summed E-state index contributed by atoms with van der Waals surface area (Å²) >= 11 is 12.2. The van der Waals surface area contributed by atoms with Crippen LogP contribution >= 0.6 is 23.2 Å². The molecule has 0 aliphatic heterocycles. The second kappa shape index (κ2) is 5.06. The SMILES string of the molecule is O=S(=O)(c1ccc(Cl)cc1)C1Cc2ccccc2C1Cl. The molecule has 5 heteroatoms. The maximum absolute atomic E-state index is 12.7. The number of benzene rings is 2. The highest BCUT2D eigenvalue weighted by atomic mass is 35.5. The molecular weight excluding hydrogens is 315 g/mol. The van der Waals surface area contributed by atoms with Crippen LogP contribution in [0.4, 0.5) is 0 Å². The summed E-state index contributed by atoms with van der Waals surface area (Å²) in [4.78, 5) is 0.269. The quantitative estimate of drug-likeness (QED) is 0.781. The van der Waals surface area contributed by atoms with Gasteiger partial charge in [0.1, 0.15) is 0 Å². The van der Waals surface area contributed by atoms with Crippen molar-refractivity contribution in [1.29, 1.82) is 0 Å². The molecule has 2 unspecified atom stereocenters. The number of rotatable bonds is 2. The fourth-order valence-electron chi connectivity index (χ4n) is 2.58. The van der Waals surface area contributed by atoms with Gasteiger partial charge in [0.15, 0.2) is 9.84 Å². The minimum atomic E-state index is -3.46.